The van der Waals surface area contributed by atoms with Crippen molar-refractivity contribution in [2.24, 2.45) is 0 Å². The predicted octanol–water partition coefficient (Wildman–Crippen LogP) is 4.60. The lowest BCUT2D eigenvalue weighted by atomic mass is 10.1. The van der Waals surface area contributed by atoms with Gasteiger partial charge in [-0.25, -0.2) is 8.42 Å². The molecule has 0 radical (unpaired) electrons. The van der Waals surface area contributed by atoms with E-state index in [1.165, 1.54) is 12.1 Å². The number of rotatable bonds is 9. The largest absolute Gasteiger partial charge is 0.468 e. The highest BCUT2D eigenvalue weighted by Crippen LogP contribution is 2.31. The quantitative estimate of drug-likeness (QED) is 0.430. The molecule has 1 aromatic heterocycles. The average Bonchev–Trinajstić information content (AvgIpc) is 3.55. The van der Waals surface area contributed by atoms with Crippen LogP contribution in [0.2, 0.25) is 0 Å². The van der Waals surface area contributed by atoms with Crippen molar-refractivity contribution in [1.82, 2.24) is 10.2 Å². The zero-order chi connectivity index (χ0) is 25.8. The summed E-state index contributed by atoms with van der Waals surface area (Å²) in [6.07, 6.45) is -0.737. The molecule has 7 nitrogen and oxygen atoms in total. The lowest BCUT2D eigenvalue weighted by Gasteiger charge is -2.26. The lowest BCUT2D eigenvalue weighted by Crippen LogP contribution is -2.37. The standard InChI is InChI=1S/C25H26F3N3O4S/c26-25(27,28)19-5-3-6-21(16-19)36(33,34)30-20-10-8-18(9-11-20)15-24(32)29-17-22(23-7-4-14-35-23)31-12-1-2-13-31/h3-11,14,16,22,30H,1-2,12-13,15,17H2,(H,29,32)/t22-/m1/s1. The minimum absolute atomic E-state index is 0.0425. The van der Waals surface area contributed by atoms with Crippen LogP contribution >= 0.6 is 0 Å². The summed E-state index contributed by atoms with van der Waals surface area (Å²) in [5.41, 5.74) is -0.223. The van der Waals surface area contributed by atoms with E-state index in [1.807, 2.05) is 12.1 Å². The Hall–Kier alpha value is -3.31. The molecule has 11 heteroatoms. The minimum atomic E-state index is -4.65. The Morgan fingerprint density at radius 2 is 1.75 bits per heavy atom. The molecule has 1 amide bonds. The van der Waals surface area contributed by atoms with Crippen molar-refractivity contribution in [3.8, 4) is 0 Å². The normalized spacial score (nSPS) is 15.5. The fourth-order valence-corrected chi connectivity index (χ4v) is 5.25. The summed E-state index contributed by atoms with van der Waals surface area (Å²) < 4.78 is 71.7. The first-order valence-electron chi connectivity index (χ1n) is 11.4. The van der Waals surface area contributed by atoms with Gasteiger partial charge in [0, 0.05) is 12.2 Å². The number of halogens is 3. The number of hydrogen-bond donors (Lipinski definition) is 2. The van der Waals surface area contributed by atoms with Gasteiger partial charge in [-0.05, 0) is 74.0 Å². The molecular formula is C25H26F3N3O4S. The van der Waals surface area contributed by atoms with Crippen molar-refractivity contribution in [1.29, 1.82) is 0 Å². The highest BCUT2D eigenvalue weighted by molar-refractivity contribution is 7.92. The number of carbonyl (C=O) groups excluding carboxylic acids is 1. The predicted molar refractivity (Wildman–Crippen MR) is 128 cm³/mol. The van der Waals surface area contributed by atoms with Gasteiger partial charge in [0.2, 0.25) is 5.91 Å². The van der Waals surface area contributed by atoms with Gasteiger partial charge in [0.15, 0.2) is 0 Å². The monoisotopic (exact) mass is 521 g/mol. The minimum Gasteiger partial charge on any atom is -0.468 e. The molecule has 4 rings (SSSR count). The Labute approximate surface area is 207 Å². The van der Waals surface area contributed by atoms with Gasteiger partial charge in [-0.2, -0.15) is 13.2 Å². The van der Waals surface area contributed by atoms with Crippen LogP contribution in [0.25, 0.3) is 0 Å². The molecule has 36 heavy (non-hydrogen) atoms. The summed E-state index contributed by atoms with van der Waals surface area (Å²) in [4.78, 5) is 14.3. The molecule has 1 atom stereocenters. The number of sulfonamides is 1. The van der Waals surface area contributed by atoms with Gasteiger partial charge < -0.3 is 9.73 Å². The van der Waals surface area contributed by atoms with Crippen LogP contribution in [-0.2, 0) is 27.4 Å². The highest BCUT2D eigenvalue weighted by atomic mass is 32.2. The fraction of sp³-hybridized carbons (Fsp3) is 0.320. The van der Waals surface area contributed by atoms with E-state index in [9.17, 15) is 26.4 Å². The number of amides is 1. The molecule has 0 unspecified atom stereocenters. The third-order valence-electron chi connectivity index (χ3n) is 5.99. The zero-order valence-corrected chi connectivity index (χ0v) is 20.1. The summed E-state index contributed by atoms with van der Waals surface area (Å²) in [5, 5.41) is 2.94. The summed E-state index contributed by atoms with van der Waals surface area (Å²) in [6, 6.07) is 13.3. The number of benzene rings is 2. The first-order valence-corrected chi connectivity index (χ1v) is 12.9. The van der Waals surface area contributed by atoms with Crippen molar-refractivity contribution in [3.05, 3.63) is 83.8 Å². The SMILES string of the molecule is O=C(Cc1ccc(NS(=O)(=O)c2cccc(C(F)(F)F)c2)cc1)NC[C@H](c1ccco1)N1CCCC1. The maximum atomic E-state index is 12.9. The van der Waals surface area contributed by atoms with Crippen molar-refractivity contribution in [2.75, 3.05) is 24.4 Å². The number of hydrogen-bond acceptors (Lipinski definition) is 5. The number of anilines is 1. The van der Waals surface area contributed by atoms with Gasteiger partial charge in [-0.1, -0.05) is 18.2 Å². The first-order chi connectivity index (χ1) is 17.1. The molecule has 192 valence electrons. The summed E-state index contributed by atoms with van der Waals surface area (Å²) >= 11 is 0. The molecular weight excluding hydrogens is 495 g/mol. The van der Waals surface area contributed by atoms with Gasteiger partial charge in [-0.3, -0.25) is 14.4 Å². The topological polar surface area (TPSA) is 91.6 Å². The molecule has 0 bridgehead atoms. The van der Waals surface area contributed by atoms with E-state index in [0.29, 0.717) is 18.2 Å². The Kier molecular flexibility index (Phi) is 7.70. The summed E-state index contributed by atoms with van der Waals surface area (Å²) in [6.45, 7) is 2.29. The zero-order valence-electron chi connectivity index (χ0n) is 19.3. The highest BCUT2D eigenvalue weighted by Gasteiger charge is 2.31. The van der Waals surface area contributed by atoms with Crippen LogP contribution in [0, 0.1) is 0 Å². The molecule has 0 saturated carbocycles. The van der Waals surface area contributed by atoms with Crippen molar-refractivity contribution in [2.45, 2.75) is 36.4 Å². The molecule has 2 N–H and O–H groups in total. The van der Waals surface area contributed by atoms with Crippen LogP contribution in [0.3, 0.4) is 0 Å². The Bertz CT molecular complexity index is 1270. The summed E-state index contributed by atoms with van der Waals surface area (Å²) in [5.74, 6) is 0.609. The van der Waals surface area contributed by atoms with Gasteiger partial charge >= 0.3 is 6.18 Å². The number of furan rings is 1. The average molecular weight is 522 g/mol. The first kappa shape index (κ1) is 25.8. The Morgan fingerprint density at radius 1 is 1.03 bits per heavy atom. The van der Waals surface area contributed by atoms with Crippen LogP contribution in [0.4, 0.5) is 18.9 Å². The molecule has 1 aliphatic heterocycles. The van der Waals surface area contributed by atoms with Gasteiger partial charge in [0.1, 0.15) is 5.76 Å². The fourth-order valence-electron chi connectivity index (χ4n) is 4.15. The van der Waals surface area contributed by atoms with Gasteiger partial charge in [0.25, 0.3) is 10.0 Å². The van der Waals surface area contributed by atoms with Gasteiger partial charge in [0.05, 0.1) is 29.2 Å². The number of nitrogens with one attached hydrogen (secondary N) is 2. The van der Waals surface area contributed by atoms with Crippen LogP contribution < -0.4 is 10.0 Å². The Morgan fingerprint density at radius 3 is 2.39 bits per heavy atom. The van der Waals surface area contributed by atoms with Crippen LogP contribution in [0.15, 0.2) is 76.2 Å². The molecule has 0 spiro atoms. The Balaban J connectivity index is 1.35. The smallest absolute Gasteiger partial charge is 0.416 e. The molecule has 1 fully saturated rings. The van der Waals surface area contributed by atoms with Crippen molar-refractivity contribution >= 4 is 21.6 Å². The number of carbonyl (C=O) groups is 1. The molecule has 3 aromatic rings. The third kappa shape index (κ3) is 6.46. The van der Waals surface area contributed by atoms with Crippen LogP contribution in [-0.4, -0.2) is 38.9 Å². The number of alkyl halides is 3. The second-order valence-corrected chi connectivity index (χ2v) is 10.3. The van der Waals surface area contributed by atoms with Crippen LogP contribution in [0.1, 0.15) is 35.8 Å². The van der Waals surface area contributed by atoms with Crippen LogP contribution in [0.5, 0.6) is 0 Å². The molecule has 2 aromatic carbocycles. The maximum Gasteiger partial charge on any atom is 0.416 e. The van der Waals surface area contributed by atoms with E-state index in [0.717, 1.165) is 49.9 Å². The number of likely N-dealkylation sites (tertiary alicyclic amines) is 1. The van der Waals surface area contributed by atoms with E-state index in [1.54, 1.807) is 18.4 Å². The van der Waals surface area contributed by atoms with E-state index >= 15 is 0 Å². The lowest BCUT2D eigenvalue weighted by molar-refractivity contribution is -0.137. The molecule has 1 saturated heterocycles. The van der Waals surface area contributed by atoms with E-state index in [-0.39, 0.29) is 24.1 Å². The van der Waals surface area contributed by atoms with Crippen molar-refractivity contribution in [3.63, 3.8) is 0 Å². The maximum absolute atomic E-state index is 12.9. The van der Waals surface area contributed by atoms with E-state index < -0.39 is 26.7 Å². The summed E-state index contributed by atoms with van der Waals surface area (Å²) in [7, 11) is -4.22. The van der Waals surface area contributed by atoms with Gasteiger partial charge in [-0.15, -0.1) is 0 Å². The second kappa shape index (κ2) is 10.8. The molecule has 0 aliphatic carbocycles. The molecule has 2 heterocycles. The molecule has 1 aliphatic rings. The van der Waals surface area contributed by atoms with Crippen molar-refractivity contribution < 1.29 is 30.8 Å². The third-order valence-corrected chi connectivity index (χ3v) is 7.37. The van der Waals surface area contributed by atoms with E-state index in [4.69, 9.17) is 4.42 Å². The van der Waals surface area contributed by atoms with E-state index in [2.05, 4.69) is 14.9 Å². The second-order valence-electron chi connectivity index (χ2n) is 8.58. The number of nitrogens with zero attached hydrogens (tertiary/aromatic N) is 1.